The number of fused-ring (bicyclic) bond motifs is 3. The molecule has 5 rings (SSSR count). The van der Waals surface area contributed by atoms with E-state index < -0.39 is 0 Å². The predicted molar refractivity (Wildman–Crippen MR) is 118 cm³/mol. The first-order chi connectivity index (χ1) is 15.2. The Hall–Kier alpha value is -3.59. The first kappa shape index (κ1) is 19.4. The fourth-order valence-corrected chi connectivity index (χ4v) is 4.41. The fraction of sp³-hybridized carbons (Fsp3) is 0.182. The minimum atomic E-state index is -0.121. The molecule has 0 bridgehead atoms. The van der Waals surface area contributed by atoms with Crippen LogP contribution in [0.3, 0.4) is 0 Å². The van der Waals surface area contributed by atoms with Gasteiger partial charge in [-0.1, -0.05) is 47.3 Å². The number of thioether (sulfide) groups is 1. The number of hydrogen-bond acceptors (Lipinski definition) is 7. The zero-order valence-corrected chi connectivity index (χ0v) is 17.8. The van der Waals surface area contributed by atoms with E-state index in [9.17, 15) is 4.79 Å². The molecular weight excluding hydrogens is 414 g/mol. The smallest absolute Gasteiger partial charge is 0.263 e. The third-order valence-electron chi connectivity index (χ3n) is 5.02. The SMILES string of the molecule is COc1ccccc1Cn1c(=O)c2ccccc2n2c(SCc3cc(C)no3)nnc12. The van der Waals surface area contributed by atoms with E-state index in [1.54, 1.807) is 11.7 Å². The van der Waals surface area contributed by atoms with Crippen molar-refractivity contribution in [1.29, 1.82) is 0 Å². The Morgan fingerprint density at radius 2 is 1.90 bits per heavy atom. The predicted octanol–water partition coefficient (Wildman–Crippen LogP) is 3.69. The largest absolute Gasteiger partial charge is 0.496 e. The standard InChI is InChI=1S/C22H19N5O3S/c1-14-11-16(30-25-14)13-31-22-24-23-21-26(12-15-7-3-6-10-19(15)29-2)20(28)17-8-4-5-9-18(17)27(21)22/h3-11H,12-13H2,1-2H3. The third-order valence-corrected chi connectivity index (χ3v) is 5.97. The third kappa shape index (κ3) is 3.46. The van der Waals surface area contributed by atoms with Crippen LogP contribution < -0.4 is 10.3 Å². The zero-order chi connectivity index (χ0) is 21.4. The highest BCUT2D eigenvalue weighted by atomic mass is 32.2. The topological polar surface area (TPSA) is 87.5 Å². The van der Waals surface area contributed by atoms with E-state index in [1.165, 1.54) is 11.8 Å². The molecule has 0 amide bonds. The minimum Gasteiger partial charge on any atom is -0.496 e. The van der Waals surface area contributed by atoms with E-state index in [4.69, 9.17) is 9.26 Å². The highest BCUT2D eigenvalue weighted by Gasteiger charge is 2.18. The Kier molecular flexibility index (Phi) is 4.95. The van der Waals surface area contributed by atoms with Gasteiger partial charge in [-0.3, -0.25) is 13.8 Å². The van der Waals surface area contributed by atoms with Crippen LogP contribution in [0.4, 0.5) is 0 Å². The van der Waals surface area contributed by atoms with E-state index in [0.29, 0.717) is 28.6 Å². The summed E-state index contributed by atoms with van der Waals surface area (Å²) in [7, 11) is 1.62. The molecule has 0 saturated heterocycles. The average molecular weight is 433 g/mol. The summed E-state index contributed by atoms with van der Waals surface area (Å²) in [5.74, 6) is 2.51. The lowest BCUT2D eigenvalue weighted by molar-refractivity contribution is 0.391. The van der Waals surface area contributed by atoms with Crippen LogP contribution in [0.25, 0.3) is 16.7 Å². The zero-order valence-electron chi connectivity index (χ0n) is 17.0. The van der Waals surface area contributed by atoms with E-state index in [0.717, 1.165) is 28.3 Å². The van der Waals surface area contributed by atoms with E-state index >= 15 is 0 Å². The molecule has 9 heteroatoms. The maximum Gasteiger partial charge on any atom is 0.263 e. The molecule has 0 aliphatic heterocycles. The Labute approximate surface area is 181 Å². The maximum atomic E-state index is 13.3. The molecule has 3 heterocycles. The normalized spacial score (nSPS) is 11.4. The summed E-state index contributed by atoms with van der Waals surface area (Å²) < 4.78 is 14.3. The summed E-state index contributed by atoms with van der Waals surface area (Å²) in [4.78, 5) is 13.3. The number of ether oxygens (including phenoxy) is 1. The Balaban J connectivity index is 1.66. The van der Waals surface area contributed by atoms with Crippen molar-refractivity contribution in [1.82, 2.24) is 24.3 Å². The van der Waals surface area contributed by atoms with Crippen molar-refractivity contribution in [2.75, 3.05) is 7.11 Å². The summed E-state index contributed by atoms with van der Waals surface area (Å²) >= 11 is 1.48. The number of hydrogen-bond donors (Lipinski definition) is 0. The number of benzene rings is 2. The maximum absolute atomic E-state index is 13.3. The first-order valence-corrected chi connectivity index (χ1v) is 10.7. The molecule has 0 saturated carbocycles. The number of para-hydroxylation sites is 2. The van der Waals surface area contributed by atoms with Crippen molar-refractivity contribution >= 4 is 28.4 Å². The lowest BCUT2D eigenvalue weighted by Crippen LogP contribution is -2.24. The lowest BCUT2D eigenvalue weighted by atomic mass is 10.2. The van der Waals surface area contributed by atoms with Gasteiger partial charge in [-0.15, -0.1) is 10.2 Å². The monoisotopic (exact) mass is 433 g/mol. The van der Waals surface area contributed by atoms with E-state index in [-0.39, 0.29) is 5.56 Å². The van der Waals surface area contributed by atoms with Crippen LogP contribution in [-0.4, -0.2) is 31.4 Å². The molecule has 0 aliphatic carbocycles. The molecule has 0 spiro atoms. The number of nitrogens with zero attached hydrogens (tertiary/aromatic N) is 5. The summed E-state index contributed by atoms with van der Waals surface area (Å²) in [5.41, 5.74) is 2.36. The number of rotatable bonds is 6. The second kappa shape index (κ2) is 7.92. The molecule has 3 aromatic heterocycles. The van der Waals surface area contributed by atoms with Gasteiger partial charge in [0.1, 0.15) is 11.5 Å². The van der Waals surface area contributed by atoms with Crippen molar-refractivity contribution < 1.29 is 9.26 Å². The molecule has 5 aromatic rings. The second-order valence-corrected chi connectivity index (χ2v) is 8.00. The molecular formula is C22H19N5O3S. The van der Waals surface area contributed by atoms with Gasteiger partial charge in [0.15, 0.2) is 5.16 Å². The fourth-order valence-electron chi connectivity index (χ4n) is 3.59. The van der Waals surface area contributed by atoms with E-state index in [2.05, 4.69) is 15.4 Å². The molecule has 0 aliphatic rings. The van der Waals surface area contributed by atoms with Gasteiger partial charge < -0.3 is 9.26 Å². The van der Waals surface area contributed by atoms with Crippen LogP contribution in [-0.2, 0) is 12.3 Å². The lowest BCUT2D eigenvalue weighted by Gasteiger charge is -2.13. The molecule has 0 radical (unpaired) electrons. The molecule has 0 unspecified atom stereocenters. The summed E-state index contributed by atoms with van der Waals surface area (Å²) in [6.07, 6.45) is 0. The van der Waals surface area contributed by atoms with Gasteiger partial charge in [-0.05, 0) is 25.1 Å². The van der Waals surface area contributed by atoms with Crippen molar-refractivity contribution in [2.45, 2.75) is 24.4 Å². The van der Waals surface area contributed by atoms with Crippen molar-refractivity contribution in [3.05, 3.63) is 82.0 Å². The van der Waals surface area contributed by atoms with Crippen LogP contribution >= 0.6 is 11.8 Å². The molecule has 0 atom stereocenters. The molecule has 0 fully saturated rings. The highest BCUT2D eigenvalue weighted by Crippen LogP contribution is 2.26. The van der Waals surface area contributed by atoms with Crippen LogP contribution in [0.1, 0.15) is 17.0 Å². The van der Waals surface area contributed by atoms with Crippen molar-refractivity contribution in [2.24, 2.45) is 0 Å². The van der Waals surface area contributed by atoms with Gasteiger partial charge in [0.05, 0.1) is 36.0 Å². The number of aryl methyl sites for hydroxylation is 1. The van der Waals surface area contributed by atoms with Gasteiger partial charge in [-0.2, -0.15) is 0 Å². The Morgan fingerprint density at radius 3 is 2.71 bits per heavy atom. The van der Waals surface area contributed by atoms with Crippen molar-refractivity contribution in [3.8, 4) is 5.75 Å². The summed E-state index contributed by atoms with van der Waals surface area (Å²) in [6, 6.07) is 17.0. The van der Waals surface area contributed by atoms with Crippen LogP contribution in [0.15, 0.2) is 69.1 Å². The quantitative estimate of drug-likeness (QED) is 0.377. The molecule has 8 nitrogen and oxygen atoms in total. The minimum absolute atomic E-state index is 0.121. The second-order valence-electron chi connectivity index (χ2n) is 7.06. The number of aromatic nitrogens is 5. The average Bonchev–Trinajstić information content (AvgIpc) is 3.41. The highest BCUT2D eigenvalue weighted by molar-refractivity contribution is 7.98. The summed E-state index contributed by atoms with van der Waals surface area (Å²) in [5, 5.41) is 13.9. The number of methoxy groups -OCH3 is 1. The van der Waals surface area contributed by atoms with Crippen LogP contribution in [0, 0.1) is 6.92 Å². The van der Waals surface area contributed by atoms with Gasteiger partial charge in [-0.25, -0.2) is 0 Å². The van der Waals surface area contributed by atoms with Gasteiger partial charge in [0.2, 0.25) is 5.78 Å². The molecule has 0 N–H and O–H groups in total. The first-order valence-electron chi connectivity index (χ1n) is 9.69. The van der Waals surface area contributed by atoms with Crippen LogP contribution in [0.2, 0.25) is 0 Å². The Morgan fingerprint density at radius 1 is 1.10 bits per heavy atom. The Bertz CT molecular complexity index is 1450. The molecule has 156 valence electrons. The van der Waals surface area contributed by atoms with Crippen LogP contribution in [0.5, 0.6) is 5.75 Å². The molecule has 31 heavy (non-hydrogen) atoms. The van der Waals surface area contributed by atoms with Crippen molar-refractivity contribution in [3.63, 3.8) is 0 Å². The van der Waals surface area contributed by atoms with Gasteiger partial charge >= 0.3 is 0 Å². The van der Waals surface area contributed by atoms with Gasteiger partial charge in [0.25, 0.3) is 5.56 Å². The molecule has 2 aromatic carbocycles. The van der Waals surface area contributed by atoms with E-state index in [1.807, 2.05) is 65.9 Å². The summed E-state index contributed by atoms with van der Waals surface area (Å²) in [6.45, 7) is 2.20. The van der Waals surface area contributed by atoms with Gasteiger partial charge in [0, 0.05) is 11.6 Å².